The Balaban J connectivity index is 2.07. The summed E-state index contributed by atoms with van der Waals surface area (Å²) in [6, 6.07) is 8.27. The van der Waals surface area contributed by atoms with Crippen molar-refractivity contribution in [1.29, 1.82) is 0 Å². The second-order valence-electron chi connectivity index (χ2n) is 7.37. The van der Waals surface area contributed by atoms with E-state index in [1.54, 1.807) is 13.8 Å². The van der Waals surface area contributed by atoms with Crippen LogP contribution in [0.25, 0.3) is 0 Å². The molecule has 1 aliphatic carbocycles. The van der Waals surface area contributed by atoms with E-state index in [1.807, 2.05) is 30.3 Å². The van der Waals surface area contributed by atoms with E-state index in [4.69, 9.17) is 5.73 Å². The highest BCUT2D eigenvalue weighted by Gasteiger charge is 2.66. The summed E-state index contributed by atoms with van der Waals surface area (Å²) in [4.78, 5) is 47.2. The van der Waals surface area contributed by atoms with E-state index < -0.39 is 47.0 Å². The third kappa shape index (κ3) is 5.06. The third-order valence-corrected chi connectivity index (χ3v) is 4.96. The first-order valence-corrected chi connectivity index (χ1v) is 8.77. The lowest BCUT2D eigenvalue weighted by atomic mass is 10.0. The first-order valence-electron chi connectivity index (χ1n) is 8.77. The van der Waals surface area contributed by atoms with Crippen molar-refractivity contribution in [3.63, 3.8) is 0 Å². The molecule has 1 fully saturated rings. The van der Waals surface area contributed by atoms with Gasteiger partial charge in [-0.3, -0.25) is 19.2 Å². The lowest BCUT2D eigenvalue weighted by molar-refractivity contribution is -0.140. The number of nitrogens with two attached hydrogens (primary N) is 1. The van der Waals surface area contributed by atoms with Crippen LogP contribution in [-0.2, 0) is 25.6 Å². The fourth-order valence-corrected chi connectivity index (χ4v) is 3.34. The second-order valence-corrected chi connectivity index (χ2v) is 7.37. The highest BCUT2D eigenvalue weighted by molar-refractivity contribution is 5.94. The minimum absolute atomic E-state index is 0.00547. The molecule has 1 aliphatic rings. The Labute approximate surface area is 157 Å². The molecule has 0 heterocycles. The van der Waals surface area contributed by atoms with Crippen LogP contribution in [0.5, 0.6) is 0 Å². The molecule has 3 amide bonds. The number of carbonyl (C=O) groups excluding carboxylic acids is 3. The summed E-state index contributed by atoms with van der Waals surface area (Å²) < 4.78 is 0. The molecule has 1 aromatic rings. The Bertz CT molecular complexity index is 732. The van der Waals surface area contributed by atoms with E-state index in [0.29, 0.717) is 0 Å². The molecule has 0 saturated heterocycles. The van der Waals surface area contributed by atoms with Crippen LogP contribution in [0.15, 0.2) is 30.3 Å². The van der Waals surface area contributed by atoms with Crippen LogP contribution in [0.3, 0.4) is 0 Å². The number of amides is 3. The van der Waals surface area contributed by atoms with Gasteiger partial charge in [0.1, 0.15) is 6.04 Å². The van der Waals surface area contributed by atoms with Gasteiger partial charge >= 0.3 is 5.97 Å². The SMILES string of the molecule is CC1(C)[C@H](C(=O)O)[C@@H]1C(=O)NC(Cc1ccccc1)C(=O)NCCC(N)=O. The number of nitrogens with one attached hydrogen (secondary N) is 2. The molecule has 27 heavy (non-hydrogen) atoms. The van der Waals surface area contributed by atoms with Crippen LogP contribution in [0.2, 0.25) is 0 Å². The van der Waals surface area contributed by atoms with Crippen molar-refractivity contribution in [1.82, 2.24) is 10.6 Å². The topological polar surface area (TPSA) is 139 Å². The number of hydrogen-bond donors (Lipinski definition) is 4. The van der Waals surface area contributed by atoms with Gasteiger partial charge in [-0.2, -0.15) is 0 Å². The molecule has 1 aromatic carbocycles. The smallest absolute Gasteiger partial charge is 0.307 e. The molecule has 0 aromatic heterocycles. The van der Waals surface area contributed by atoms with Crippen molar-refractivity contribution in [2.24, 2.45) is 23.0 Å². The second kappa shape index (κ2) is 8.20. The maximum Gasteiger partial charge on any atom is 0.307 e. The molecule has 0 aliphatic heterocycles. The van der Waals surface area contributed by atoms with Gasteiger partial charge in [-0.1, -0.05) is 44.2 Å². The van der Waals surface area contributed by atoms with E-state index in [1.165, 1.54) is 0 Å². The number of carbonyl (C=O) groups is 4. The van der Waals surface area contributed by atoms with Gasteiger partial charge in [0.05, 0.1) is 11.8 Å². The van der Waals surface area contributed by atoms with Gasteiger partial charge in [0.15, 0.2) is 0 Å². The Morgan fingerprint density at radius 3 is 2.30 bits per heavy atom. The Morgan fingerprint density at radius 2 is 1.78 bits per heavy atom. The van der Waals surface area contributed by atoms with E-state index in [0.717, 1.165) is 5.56 Å². The van der Waals surface area contributed by atoms with Crippen LogP contribution in [0.4, 0.5) is 0 Å². The number of primary amides is 1. The third-order valence-electron chi connectivity index (χ3n) is 4.96. The van der Waals surface area contributed by atoms with Gasteiger partial charge in [0.25, 0.3) is 0 Å². The molecule has 5 N–H and O–H groups in total. The molecule has 146 valence electrons. The fourth-order valence-electron chi connectivity index (χ4n) is 3.34. The predicted molar refractivity (Wildman–Crippen MR) is 97.3 cm³/mol. The average molecular weight is 375 g/mol. The van der Waals surface area contributed by atoms with E-state index in [2.05, 4.69) is 10.6 Å². The number of carboxylic acids is 1. The molecule has 1 unspecified atom stereocenters. The van der Waals surface area contributed by atoms with Crippen LogP contribution in [0, 0.1) is 17.3 Å². The minimum Gasteiger partial charge on any atom is -0.481 e. The maximum atomic E-state index is 12.6. The maximum absolute atomic E-state index is 12.6. The molecule has 0 radical (unpaired) electrons. The largest absolute Gasteiger partial charge is 0.481 e. The zero-order valence-electron chi connectivity index (χ0n) is 15.4. The van der Waals surface area contributed by atoms with Gasteiger partial charge in [0, 0.05) is 19.4 Å². The summed E-state index contributed by atoms with van der Waals surface area (Å²) in [7, 11) is 0. The molecule has 3 atom stereocenters. The lowest BCUT2D eigenvalue weighted by Gasteiger charge is -2.19. The number of hydrogen-bond acceptors (Lipinski definition) is 4. The number of carboxylic acid groups (broad SMARTS) is 1. The molecule has 8 nitrogen and oxygen atoms in total. The zero-order valence-corrected chi connectivity index (χ0v) is 15.4. The molecule has 1 saturated carbocycles. The van der Waals surface area contributed by atoms with E-state index >= 15 is 0 Å². The molecule has 0 bridgehead atoms. The first kappa shape index (κ1) is 20.4. The van der Waals surface area contributed by atoms with E-state index in [-0.39, 0.29) is 19.4 Å². The van der Waals surface area contributed by atoms with Crippen molar-refractivity contribution < 1.29 is 24.3 Å². The van der Waals surface area contributed by atoms with Crippen molar-refractivity contribution in [3.05, 3.63) is 35.9 Å². The standard InChI is InChI=1S/C19H25N3O5/c1-19(2)14(15(19)18(26)27)17(25)22-12(10-11-6-4-3-5-7-11)16(24)21-9-8-13(20)23/h3-7,12,14-15H,8-10H2,1-2H3,(H2,20,23)(H,21,24)(H,22,25)(H,26,27)/t12?,14-,15+/m1/s1. The molecular weight excluding hydrogens is 350 g/mol. The van der Waals surface area contributed by atoms with Gasteiger partial charge in [-0.15, -0.1) is 0 Å². The summed E-state index contributed by atoms with van der Waals surface area (Å²) in [5.41, 5.74) is 5.25. The molecule has 0 spiro atoms. The molecule has 8 heteroatoms. The minimum atomic E-state index is -1.02. The van der Waals surface area contributed by atoms with Crippen LogP contribution >= 0.6 is 0 Å². The van der Waals surface area contributed by atoms with Crippen LogP contribution in [0.1, 0.15) is 25.8 Å². The summed E-state index contributed by atoms with van der Waals surface area (Å²) in [6.45, 7) is 3.51. The molecule has 2 rings (SSSR count). The summed E-state index contributed by atoms with van der Waals surface area (Å²) in [6.07, 6.45) is 0.244. The Kier molecular flexibility index (Phi) is 6.20. The van der Waals surface area contributed by atoms with Gasteiger partial charge in [-0.05, 0) is 11.0 Å². The highest BCUT2D eigenvalue weighted by Crippen LogP contribution is 2.58. The zero-order chi connectivity index (χ0) is 20.2. The first-order chi connectivity index (χ1) is 12.6. The Hall–Kier alpha value is -2.90. The fraction of sp³-hybridized carbons (Fsp3) is 0.474. The monoisotopic (exact) mass is 375 g/mol. The summed E-state index contributed by atoms with van der Waals surface area (Å²) in [5.74, 6) is -3.93. The summed E-state index contributed by atoms with van der Waals surface area (Å²) in [5, 5.41) is 14.5. The Morgan fingerprint density at radius 1 is 1.15 bits per heavy atom. The normalized spacial score (nSPS) is 21.0. The van der Waals surface area contributed by atoms with Crippen molar-refractivity contribution in [3.8, 4) is 0 Å². The van der Waals surface area contributed by atoms with Gasteiger partial charge < -0.3 is 21.5 Å². The average Bonchev–Trinajstić information content (AvgIpc) is 3.17. The van der Waals surface area contributed by atoms with Crippen LogP contribution in [-0.4, -0.2) is 41.4 Å². The van der Waals surface area contributed by atoms with E-state index in [9.17, 15) is 24.3 Å². The number of benzene rings is 1. The summed E-state index contributed by atoms with van der Waals surface area (Å²) >= 11 is 0. The molecular formula is C19H25N3O5. The van der Waals surface area contributed by atoms with Crippen LogP contribution < -0.4 is 16.4 Å². The van der Waals surface area contributed by atoms with Crippen molar-refractivity contribution in [2.45, 2.75) is 32.7 Å². The highest BCUT2D eigenvalue weighted by atomic mass is 16.4. The predicted octanol–water partition coefficient (Wildman–Crippen LogP) is 0.0623. The number of aliphatic carboxylic acids is 1. The van der Waals surface area contributed by atoms with Crippen molar-refractivity contribution in [2.75, 3.05) is 6.54 Å². The quantitative estimate of drug-likeness (QED) is 0.483. The number of rotatable bonds is 9. The van der Waals surface area contributed by atoms with Gasteiger partial charge in [-0.25, -0.2) is 0 Å². The lowest BCUT2D eigenvalue weighted by Crippen LogP contribution is -2.49. The van der Waals surface area contributed by atoms with Gasteiger partial charge in [0.2, 0.25) is 17.7 Å². The van der Waals surface area contributed by atoms with Crippen molar-refractivity contribution >= 4 is 23.7 Å².